The van der Waals surface area contributed by atoms with Gasteiger partial charge in [-0.15, -0.1) is 0 Å². The van der Waals surface area contributed by atoms with Crippen molar-refractivity contribution in [3.8, 4) is 0 Å². The van der Waals surface area contributed by atoms with E-state index in [1.807, 2.05) is 7.05 Å². The van der Waals surface area contributed by atoms with E-state index in [2.05, 4.69) is 56.6 Å². The molecule has 0 spiro atoms. The van der Waals surface area contributed by atoms with Crippen LogP contribution >= 0.6 is 0 Å². The highest BCUT2D eigenvalue weighted by Gasteiger charge is 2.15. The number of benzene rings is 1. The molecule has 0 bridgehead atoms. The van der Waals surface area contributed by atoms with E-state index in [-0.39, 0.29) is 0 Å². The van der Waals surface area contributed by atoms with Crippen LogP contribution in [0.4, 0.5) is 0 Å². The lowest BCUT2D eigenvalue weighted by atomic mass is 9.99. The van der Waals surface area contributed by atoms with E-state index in [4.69, 9.17) is 4.74 Å². The number of rotatable bonds is 8. The Morgan fingerprint density at radius 2 is 1.83 bits per heavy atom. The van der Waals surface area contributed by atoms with Gasteiger partial charge < -0.3 is 20.3 Å². The van der Waals surface area contributed by atoms with Gasteiger partial charge in [0.15, 0.2) is 5.96 Å². The molecule has 0 aromatic heterocycles. The zero-order valence-corrected chi connectivity index (χ0v) is 18.3. The molecule has 29 heavy (non-hydrogen) atoms. The quantitative estimate of drug-likeness (QED) is 0.398. The first-order valence-electron chi connectivity index (χ1n) is 11.3. The van der Waals surface area contributed by atoms with E-state index in [1.54, 1.807) is 0 Å². The number of aliphatic imine (C=N–C) groups is 1. The van der Waals surface area contributed by atoms with Crippen molar-refractivity contribution in [2.24, 2.45) is 10.9 Å². The Hall–Kier alpha value is -1.63. The topological polar surface area (TPSA) is 52.1 Å². The van der Waals surface area contributed by atoms with Gasteiger partial charge in [0.05, 0.1) is 13.2 Å². The molecule has 1 aromatic carbocycles. The zero-order chi connectivity index (χ0) is 20.3. The summed E-state index contributed by atoms with van der Waals surface area (Å²) >= 11 is 0. The number of piperidine rings is 1. The van der Waals surface area contributed by atoms with Crippen molar-refractivity contribution in [3.05, 3.63) is 35.4 Å². The van der Waals surface area contributed by atoms with E-state index >= 15 is 0 Å². The number of hydrogen-bond acceptors (Lipinski definition) is 4. The Morgan fingerprint density at radius 1 is 1.07 bits per heavy atom. The Balaban J connectivity index is 1.35. The van der Waals surface area contributed by atoms with Crippen LogP contribution in [0.5, 0.6) is 0 Å². The fourth-order valence-corrected chi connectivity index (χ4v) is 4.06. The summed E-state index contributed by atoms with van der Waals surface area (Å²) in [7, 11) is 1.84. The Morgan fingerprint density at radius 3 is 2.59 bits per heavy atom. The largest absolute Gasteiger partial charge is 0.379 e. The molecular weight excluding hydrogens is 362 g/mol. The molecule has 2 aliphatic heterocycles. The molecular formula is C23H39N5O. The van der Waals surface area contributed by atoms with Crippen molar-refractivity contribution in [2.45, 2.75) is 39.3 Å². The normalized spacial score (nSPS) is 20.0. The third kappa shape index (κ3) is 7.96. The lowest BCUT2D eigenvalue weighted by Crippen LogP contribution is -2.39. The highest BCUT2D eigenvalue weighted by Crippen LogP contribution is 2.15. The molecule has 3 rings (SSSR count). The van der Waals surface area contributed by atoms with Crippen LogP contribution in [-0.4, -0.2) is 75.3 Å². The van der Waals surface area contributed by atoms with Gasteiger partial charge >= 0.3 is 0 Å². The van der Waals surface area contributed by atoms with Gasteiger partial charge in [-0.3, -0.25) is 9.89 Å². The third-order valence-electron chi connectivity index (χ3n) is 6.00. The SMILES string of the molecule is CN=C(NCCCN1CCC(C)CC1)NCc1cccc(CN2CCOCC2)c1. The molecule has 6 nitrogen and oxygen atoms in total. The fourth-order valence-electron chi connectivity index (χ4n) is 4.06. The molecule has 2 aliphatic rings. The molecule has 6 heteroatoms. The summed E-state index contributed by atoms with van der Waals surface area (Å²) in [6, 6.07) is 8.85. The molecule has 0 aliphatic carbocycles. The van der Waals surface area contributed by atoms with E-state index in [0.29, 0.717) is 0 Å². The standard InChI is InChI=1S/C23H39N5O/c1-20-7-11-27(12-8-20)10-4-9-25-23(24-2)26-18-21-5-3-6-22(17-21)19-28-13-15-29-16-14-28/h3,5-6,17,20H,4,7-16,18-19H2,1-2H3,(H2,24,25,26). The highest BCUT2D eigenvalue weighted by molar-refractivity contribution is 5.79. The first kappa shape index (κ1) is 22.1. The summed E-state index contributed by atoms with van der Waals surface area (Å²) in [4.78, 5) is 9.43. The summed E-state index contributed by atoms with van der Waals surface area (Å²) in [5.74, 6) is 1.79. The first-order valence-corrected chi connectivity index (χ1v) is 11.3. The molecule has 2 saturated heterocycles. The van der Waals surface area contributed by atoms with Crippen molar-refractivity contribution < 1.29 is 4.74 Å². The second-order valence-electron chi connectivity index (χ2n) is 8.44. The van der Waals surface area contributed by atoms with Gasteiger partial charge in [-0.1, -0.05) is 31.2 Å². The third-order valence-corrected chi connectivity index (χ3v) is 6.00. The Kier molecular flexibility index (Phi) is 9.25. The highest BCUT2D eigenvalue weighted by atomic mass is 16.5. The van der Waals surface area contributed by atoms with Crippen LogP contribution in [0.2, 0.25) is 0 Å². The lowest BCUT2D eigenvalue weighted by Gasteiger charge is -2.30. The van der Waals surface area contributed by atoms with Crippen molar-refractivity contribution in [2.75, 3.05) is 59.5 Å². The van der Waals surface area contributed by atoms with Crippen LogP contribution in [0.25, 0.3) is 0 Å². The maximum absolute atomic E-state index is 5.44. The average molecular weight is 402 g/mol. The van der Waals surface area contributed by atoms with Crippen LogP contribution in [0.15, 0.2) is 29.3 Å². The second kappa shape index (κ2) is 12.2. The molecule has 2 fully saturated rings. The number of nitrogens with one attached hydrogen (secondary N) is 2. The number of hydrogen-bond donors (Lipinski definition) is 2. The Bertz CT molecular complexity index is 621. The number of nitrogens with zero attached hydrogens (tertiary/aromatic N) is 3. The first-order chi connectivity index (χ1) is 14.2. The summed E-state index contributed by atoms with van der Waals surface area (Å²) in [6.07, 6.45) is 3.85. The molecule has 0 unspecified atom stereocenters. The van der Waals surface area contributed by atoms with Crippen molar-refractivity contribution in [1.29, 1.82) is 0 Å². The summed E-state index contributed by atoms with van der Waals surface area (Å²) in [6.45, 7) is 12.6. The van der Waals surface area contributed by atoms with Gasteiger partial charge in [-0.05, 0) is 55.9 Å². The van der Waals surface area contributed by atoms with Gasteiger partial charge in [0.25, 0.3) is 0 Å². The summed E-state index contributed by atoms with van der Waals surface area (Å²) in [5, 5.41) is 6.91. The number of guanidine groups is 1. The number of likely N-dealkylation sites (tertiary alicyclic amines) is 1. The van der Waals surface area contributed by atoms with Crippen LogP contribution in [0.3, 0.4) is 0 Å². The van der Waals surface area contributed by atoms with E-state index in [1.165, 1.54) is 43.6 Å². The van der Waals surface area contributed by atoms with Gasteiger partial charge in [0.1, 0.15) is 0 Å². The minimum absolute atomic E-state index is 0.792. The van der Waals surface area contributed by atoms with Crippen molar-refractivity contribution >= 4 is 5.96 Å². The maximum Gasteiger partial charge on any atom is 0.191 e. The number of ether oxygens (including phenoxy) is 1. The lowest BCUT2D eigenvalue weighted by molar-refractivity contribution is 0.0342. The van der Waals surface area contributed by atoms with Gasteiger partial charge in [0.2, 0.25) is 0 Å². The molecule has 0 amide bonds. The van der Waals surface area contributed by atoms with E-state index in [9.17, 15) is 0 Å². The second-order valence-corrected chi connectivity index (χ2v) is 8.44. The van der Waals surface area contributed by atoms with Crippen LogP contribution < -0.4 is 10.6 Å². The van der Waals surface area contributed by atoms with Crippen LogP contribution in [0.1, 0.15) is 37.3 Å². The van der Waals surface area contributed by atoms with Gasteiger partial charge in [-0.2, -0.15) is 0 Å². The monoisotopic (exact) mass is 401 g/mol. The molecule has 2 N–H and O–H groups in total. The predicted molar refractivity (Wildman–Crippen MR) is 120 cm³/mol. The zero-order valence-electron chi connectivity index (χ0n) is 18.3. The molecule has 162 valence electrons. The van der Waals surface area contributed by atoms with Gasteiger partial charge in [0, 0.05) is 39.8 Å². The molecule has 0 saturated carbocycles. The minimum atomic E-state index is 0.792. The molecule has 0 radical (unpaired) electrons. The van der Waals surface area contributed by atoms with Crippen molar-refractivity contribution in [1.82, 2.24) is 20.4 Å². The summed E-state index contributed by atoms with van der Waals surface area (Å²) < 4.78 is 5.44. The van der Waals surface area contributed by atoms with E-state index < -0.39 is 0 Å². The fraction of sp³-hybridized carbons (Fsp3) is 0.696. The predicted octanol–water partition coefficient (Wildman–Crippen LogP) is 2.31. The molecule has 1 aromatic rings. The van der Waals surface area contributed by atoms with Gasteiger partial charge in [-0.25, -0.2) is 0 Å². The van der Waals surface area contributed by atoms with E-state index in [0.717, 1.165) is 64.2 Å². The van der Waals surface area contributed by atoms with Crippen molar-refractivity contribution in [3.63, 3.8) is 0 Å². The molecule has 2 heterocycles. The molecule has 0 atom stereocenters. The van der Waals surface area contributed by atoms with Crippen LogP contribution in [0, 0.1) is 5.92 Å². The minimum Gasteiger partial charge on any atom is -0.379 e. The average Bonchev–Trinajstić information content (AvgIpc) is 2.75. The number of morpholine rings is 1. The van der Waals surface area contributed by atoms with Crippen LogP contribution in [-0.2, 0) is 17.8 Å². The smallest absolute Gasteiger partial charge is 0.191 e. The maximum atomic E-state index is 5.44. The Labute approximate surface area is 176 Å². The summed E-state index contributed by atoms with van der Waals surface area (Å²) in [5.41, 5.74) is 2.66.